The molecule has 5 rings (SSSR count). The van der Waals surface area contributed by atoms with Gasteiger partial charge in [0.2, 0.25) is 0 Å². The first-order chi connectivity index (χ1) is 12.1. The molecule has 2 atom stereocenters. The summed E-state index contributed by atoms with van der Waals surface area (Å²) in [5.41, 5.74) is 7.92. The largest absolute Gasteiger partial charge is 0.367 e. The Balaban J connectivity index is 1.52. The average Bonchev–Trinajstić information content (AvgIpc) is 3.13. The van der Waals surface area contributed by atoms with Crippen molar-refractivity contribution in [1.82, 2.24) is 4.90 Å². The molecular weight excluding hydrogens is 310 g/mol. The van der Waals surface area contributed by atoms with Gasteiger partial charge in [0.05, 0.1) is 17.8 Å². The van der Waals surface area contributed by atoms with Crippen molar-refractivity contribution in [1.29, 1.82) is 0 Å². The quantitative estimate of drug-likeness (QED) is 0.796. The van der Waals surface area contributed by atoms with Crippen LogP contribution in [0.15, 0.2) is 41.5 Å². The molecule has 0 radical (unpaired) electrons. The maximum absolute atomic E-state index is 6.16. The van der Waals surface area contributed by atoms with Crippen molar-refractivity contribution in [3.63, 3.8) is 0 Å². The summed E-state index contributed by atoms with van der Waals surface area (Å²) in [5, 5.41) is 7.07. The normalized spacial score (nSPS) is 24.0. The zero-order chi connectivity index (χ0) is 17.1. The van der Waals surface area contributed by atoms with E-state index in [1.54, 1.807) is 0 Å². The van der Waals surface area contributed by atoms with Gasteiger partial charge in [0, 0.05) is 6.42 Å². The van der Waals surface area contributed by atoms with E-state index in [9.17, 15) is 0 Å². The molecule has 4 nitrogen and oxygen atoms in total. The Morgan fingerprint density at radius 3 is 2.64 bits per heavy atom. The third-order valence-corrected chi connectivity index (χ3v) is 5.66. The number of amidine groups is 1. The molecule has 1 fully saturated rings. The minimum atomic E-state index is 0.247. The molecule has 2 unspecified atom stereocenters. The number of ether oxygens (including phenoxy) is 1. The van der Waals surface area contributed by atoms with Crippen LogP contribution >= 0.6 is 0 Å². The van der Waals surface area contributed by atoms with Gasteiger partial charge in [-0.15, -0.1) is 0 Å². The fourth-order valence-electron chi connectivity index (χ4n) is 4.75. The van der Waals surface area contributed by atoms with Crippen molar-refractivity contribution < 1.29 is 4.74 Å². The van der Waals surface area contributed by atoms with Crippen LogP contribution in [0.4, 0.5) is 5.69 Å². The fraction of sp³-hybridized carbons (Fsp3) is 0.381. The molecule has 2 heterocycles. The van der Waals surface area contributed by atoms with Gasteiger partial charge in [-0.05, 0) is 43.0 Å². The Hall–Kier alpha value is -2.33. The van der Waals surface area contributed by atoms with E-state index in [4.69, 9.17) is 9.84 Å². The molecule has 0 amide bonds. The van der Waals surface area contributed by atoms with E-state index in [0.717, 1.165) is 18.9 Å². The van der Waals surface area contributed by atoms with Crippen LogP contribution in [-0.2, 0) is 11.2 Å². The van der Waals surface area contributed by atoms with Crippen molar-refractivity contribution in [3.05, 3.63) is 64.2 Å². The molecular formula is C21H23N3O. The highest BCUT2D eigenvalue weighted by molar-refractivity contribution is 5.88. The molecule has 0 aromatic heterocycles. The Kier molecular flexibility index (Phi) is 3.19. The third kappa shape index (κ3) is 2.20. The maximum atomic E-state index is 6.16. The summed E-state index contributed by atoms with van der Waals surface area (Å²) in [5.74, 6) is 1.05. The highest BCUT2D eigenvalue weighted by atomic mass is 16.5. The van der Waals surface area contributed by atoms with E-state index in [-0.39, 0.29) is 6.10 Å². The third-order valence-electron chi connectivity index (χ3n) is 5.66. The van der Waals surface area contributed by atoms with Gasteiger partial charge < -0.3 is 9.64 Å². The van der Waals surface area contributed by atoms with E-state index in [1.165, 1.54) is 33.5 Å². The zero-order valence-electron chi connectivity index (χ0n) is 15.0. The molecule has 0 saturated carbocycles. The number of hydrogen-bond acceptors (Lipinski definition) is 4. The molecule has 2 aromatic carbocycles. The number of nitrogens with zero attached hydrogens (tertiary/aromatic N) is 3. The lowest BCUT2D eigenvalue weighted by Crippen LogP contribution is -2.46. The smallest absolute Gasteiger partial charge is 0.153 e. The van der Waals surface area contributed by atoms with E-state index in [1.807, 2.05) is 0 Å². The first kappa shape index (κ1) is 15.0. The first-order valence-corrected chi connectivity index (χ1v) is 9.01. The van der Waals surface area contributed by atoms with Crippen molar-refractivity contribution in [3.8, 4) is 0 Å². The van der Waals surface area contributed by atoms with E-state index >= 15 is 0 Å². The van der Waals surface area contributed by atoms with Gasteiger partial charge in [0.15, 0.2) is 5.84 Å². The lowest BCUT2D eigenvalue weighted by Gasteiger charge is -2.37. The summed E-state index contributed by atoms with van der Waals surface area (Å²) >= 11 is 0. The number of benzene rings is 2. The molecule has 0 spiro atoms. The molecule has 3 aliphatic rings. The topological polar surface area (TPSA) is 28.1 Å². The van der Waals surface area contributed by atoms with Gasteiger partial charge >= 0.3 is 0 Å². The standard InChI is InChI=1S/C21H23N3O/c1-13-8-14(2)20(15(3)9-13)24-12-23-19(22-24)11-25-18-10-16-6-4-5-7-17(16)21(18)23/h4-9,18,21H,10-12H2,1-3H3. The second-order valence-electron chi connectivity index (χ2n) is 7.47. The number of anilines is 1. The molecule has 2 aliphatic heterocycles. The van der Waals surface area contributed by atoms with E-state index in [0.29, 0.717) is 12.6 Å². The zero-order valence-corrected chi connectivity index (χ0v) is 15.0. The second kappa shape index (κ2) is 5.33. The van der Waals surface area contributed by atoms with Crippen LogP contribution in [-0.4, -0.2) is 30.1 Å². The van der Waals surface area contributed by atoms with Crippen molar-refractivity contribution in [2.75, 3.05) is 18.3 Å². The lowest BCUT2D eigenvalue weighted by molar-refractivity contribution is 0.00538. The molecule has 25 heavy (non-hydrogen) atoms. The highest BCUT2D eigenvalue weighted by Gasteiger charge is 2.45. The van der Waals surface area contributed by atoms with Crippen molar-refractivity contribution >= 4 is 11.5 Å². The SMILES string of the molecule is Cc1cc(C)c(N2CN3C(=N2)COC2Cc4ccccc4C23)c(C)c1. The maximum Gasteiger partial charge on any atom is 0.153 e. The summed E-state index contributed by atoms with van der Waals surface area (Å²) in [6.07, 6.45) is 1.25. The monoisotopic (exact) mass is 333 g/mol. The van der Waals surface area contributed by atoms with Gasteiger partial charge in [-0.25, -0.2) is 5.01 Å². The number of fused-ring (bicyclic) bond motifs is 5. The van der Waals surface area contributed by atoms with E-state index < -0.39 is 0 Å². The van der Waals surface area contributed by atoms with Crippen LogP contribution < -0.4 is 5.01 Å². The molecule has 0 bridgehead atoms. The average molecular weight is 333 g/mol. The molecule has 1 aliphatic carbocycles. The van der Waals surface area contributed by atoms with Crippen LogP contribution in [0.5, 0.6) is 0 Å². The van der Waals surface area contributed by atoms with Crippen LogP contribution in [0.2, 0.25) is 0 Å². The molecule has 2 aromatic rings. The van der Waals surface area contributed by atoms with E-state index in [2.05, 4.69) is 67.1 Å². The number of hydrogen-bond donors (Lipinski definition) is 0. The Morgan fingerprint density at radius 2 is 1.84 bits per heavy atom. The van der Waals surface area contributed by atoms with Gasteiger partial charge in [-0.2, -0.15) is 5.10 Å². The first-order valence-electron chi connectivity index (χ1n) is 9.01. The predicted octanol–water partition coefficient (Wildman–Crippen LogP) is 3.70. The van der Waals surface area contributed by atoms with Crippen LogP contribution in [0, 0.1) is 20.8 Å². The molecule has 128 valence electrons. The van der Waals surface area contributed by atoms with Crippen molar-refractivity contribution in [2.45, 2.75) is 39.3 Å². The van der Waals surface area contributed by atoms with Gasteiger partial charge in [0.1, 0.15) is 13.3 Å². The number of aryl methyl sites for hydroxylation is 3. The number of rotatable bonds is 1. The second-order valence-corrected chi connectivity index (χ2v) is 7.47. The van der Waals surface area contributed by atoms with Crippen molar-refractivity contribution in [2.24, 2.45) is 5.10 Å². The molecule has 1 saturated heterocycles. The van der Waals surface area contributed by atoms with Crippen LogP contribution in [0.1, 0.15) is 33.9 Å². The summed E-state index contributed by atoms with van der Waals surface area (Å²) < 4.78 is 6.16. The van der Waals surface area contributed by atoms with Gasteiger partial charge in [-0.3, -0.25) is 0 Å². The van der Waals surface area contributed by atoms with Crippen LogP contribution in [0.3, 0.4) is 0 Å². The number of hydrazone groups is 1. The Labute approximate surface area is 148 Å². The highest BCUT2D eigenvalue weighted by Crippen LogP contribution is 2.42. The molecule has 0 N–H and O–H groups in total. The minimum absolute atomic E-state index is 0.247. The lowest BCUT2D eigenvalue weighted by atomic mass is 10.0. The van der Waals surface area contributed by atoms with Gasteiger partial charge in [-0.1, -0.05) is 42.0 Å². The summed E-state index contributed by atoms with van der Waals surface area (Å²) in [4.78, 5) is 2.44. The predicted molar refractivity (Wildman–Crippen MR) is 99.9 cm³/mol. The Bertz CT molecular complexity index is 865. The minimum Gasteiger partial charge on any atom is -0.367 e. The Morgan fingerprint density at radius 1 is 1.08 bits per heavy atom. The number of morpholine rings is 1. The van der Waals surface area contributed by atoms with Gasteiger partial charge in [0.25, 0.3) is 0 Å². The van der Waals surface area contributed by atoms with Crippen LogP contribution in [0.25, 0.3) is 0 Å². The molecule has 4 heteroatoms. The summed E-state index contributed by atoms with van der Waals surface area (Å²) in [7, 11) is 0. The summed E-state index contributed by atoms with van der Waals surface area (Å²) in [6, 6.07) is 13.5. The fourth-order valence-corrected chi connectivity index (χ4v) is 4.75. The summed E-state index contributed by atoms with van der Waals surface area (Å²) in [6.45, 7) is 7.92.